The van der Waals surface area contributed by atoms with Crippen LogP contribution in [0.3, 0.4) is 0 Å². The number of fused-ring (bicyclic) bond motifs is 1. The van der Waals surface area contributed by atoms with E-state index in [1.807, 2.05) is 0 Å². The zero-order valence-corrected chi connectivity index (χ0v) is 11.2. The van der Waals surface area contributed by atoms with Gasteiger partial charge in [-0.05, 0) is 56.3 Å². The number of hydrogen-bond acceptors (Lipinski definition) is 3. The number of carbonyl (C=O) groups excluding carboxylic acids is 1. The summed E-state index contributed by atoms with van der Waals surface area (Å²) < 4.78 is 4.62. The van der Waals surface area contributed by atoms with Crippen LogP contribution in [0.4, 0.5) is 0 Å². The summed E-state index contributed by atoms with van der Waals surface area (Å²) in [7, 11) is 1.44. The zero-order valence-electron chi connectivity index (χ0n) is 11.2. The van der Waals surface area contributed by atoms with Gasteiger partial charge in [-0.15, -0.1) is 0 Å². The van der Waals surface area contributed by atoms with Gasteiger partial charge in [-0.3, -0.25) is 4.79 Å². The second-order valence-corrected chi connectivity index (χ2v) is 5.68. The van der Waals surface area contributed by atoms with E-state index in [1.165, 1.54) is 32.8 Å². The first-order valence-electron chi connectivity index (χ1n) is 7.10. The topological polar surface area (TPSA) is 46.5 Å². The van der Waals surface area contributed by atoms with Gasteiger partial charge in [0.1, 0.15) is 0 Å². The highest BCUT2D eigenvalue weighted by atomic mass is 16.5. The van der Waals surface area contributed by atoms with E-state index in [4.69, 9.17) is 0 Å². The Morgan fingerprint density at radius 2 is 2.28 bits per heavy atom. The van der Waals surface area contributed by atoms with E-state index >= 15 is 0 Å². The maximum atomic E-state index is 11.0. The molecule has 2 saturated carbocycles. The molecule has 0 spiro atoms. The molecule has 2 rings (SSSR count). The molecule has 3 atom stereocenters. The molecule has 102 valence electrons. The van der Waals surface area contributed by atoms with E-state index in [0.29, 0.717) is 18.9 Å². The first-order chi connectivity index (χ1) is 8.74. The van der Waals surface area contributed by atoms with Crippen molar-refractivity contribution in [3.63, 3.8) is 0 Å². The van der Waals surface area contributed by atoms with E-state index in [2.05, 4.69) is 10.8 Å². The summed E-state index contributed by atoms with van der Waals surface area (Å²) in [5.74, 6) is 1.96. The lowest BCUT2D eigenvalue weighted by molar-refractivity contribution is -0.140. The summed E-state index contributed by atoms with van der Waals surface area (Å²) in [6, 6.07) is 0. The second-order valence-electron chi connectivity index (χ2n) is 5.68. The Morgan fingerprint density at radius 1 is 1.44 bits per heavy atom. The van der Waals surface area contributed by atoms with Gasteiger partial charge in [0.15, 0.2) is 0 Å². The maximum Gasteiger partial charge on any atom is 0.305 e. The standard InChI is InChI=1S/C15H24O3/c1-18-15(17)5-3-2-4-11-8-12-6-7-13(10-16)14(12)9-11/h4,12-14,16H,2-3,5-10H2,1H3/b11-4+/t12-,13-,14+/m1/s1. The molecule has 3 nitrogen and oxygen atoms in total. The van der Waals surface area contributed by atoms with Gasteiger partial charge in [-0.1, -0.05) is 11.6 Å². The third kappa shape index (κ3) is 3.14. The van der Waals surface area contributed by atoms with Crippen LogP contribution in [0.25, 0.3) is 0 Å². The molecular formula is C15H24O3. The van der Waals surface area contributed by atoms with Gasteiger partial charge in [0, 0.05) is 13.0 Å². The van der Waals surface area contributed by atoms with Crippen molar-refractivity contribution < 1.29 is 14.6 Å². The van der Waals surface area contributed by atoms with E-state index in [1.54, 1.807) is 5.57 Å². The number of esters is 1. The van der Waals surface area contributed by atoms with Crippen molar-refractivity contribution in [1.29, 1.82) is 0 Å². The second kappa shape index (κ2) is 6.37. The van der Waals surface area contributed by atoms with Gasteiger partial charge in [0.2, 0.25) is 0 Å². The summed E-state index contributed by atoms with van der Waals surface area (Å²) in [4.78, 5) is 11.0. The fraction of sp³-hybridized carbons (Fsp3) is 0.800. The molecule has 0 aromatic heterocycles. The fourth-order valence-electron chi connectivity index (χ4n) is 3.60. The Kier molecular flexibility index (Phi) is 4.81. The molecule has 0 saturated heterocycles. The summed E-state index contributed by atoms with van der Waals surface area (Å²) >= 11 is 0. The highest BCUT2D eigenvalue weighted by Gasteiger charge is 2.40. The highest BCUT2D eigenvalue weighted by Crippen LogP contribution is 2.49. The molecule has 0 heterocycles. The van der Waals surface area contributed by atoms with E-state index in [0.717, 1.165) is 24.7 Å². The molecule has 0 unspecified atom stereocenters. The molecule has 0 aromatic carbocycles. The Bertz CT molecular complexity index is 322. The predicted octanol–water partition coefficient (Wildman–Crippen LogP) is 2.68. The van der Waals surface area contributed by atoms with Crippen molar-refractivity contribution in [1.82, 2.24) is 0 Å². The Morgan fingerprint density at radius 3 is 3.00 bits per heavy atom. The molecule has 0 amide bonds. The van der Waals surface area contributed by atoms with Gasteiger partial charge in [0.25, 0.3) is 0 Å². The monoisotopic (exact) mass is 252 g/mol. The molecule has 2 aliphatic rings. The van der Waals surface area contributed by atoms with Crippen LogP contribution >= 0.6 is 0 Å². The van der Waals surface area contributed by atoms with Crippen LogP contribution < -0.4 is 0 Å². The largest absolute Gasteiger partial charge is 0.469 e. The molecule has 0 aliphatic heterocycles. The third-order valence-electron chi connectivity index (χ3n) is 4.62. The minimum Gasteiger partial charge on any atom is -0.469 e. The SMILES string of the molecule is COC(=O)CCC/C=C1\C[C@H]2CC[C@H](CO)[C@H]2C1. The van der Waals surface area contributed by atoms with Gasteiger partial charge in [-0.2, -0.15) is 0 Å². The Hall–Kier alpha value is -0.830. The van der Waals surface area contributed by atoms with Crippen LogP contribution in [-0.4, -0.2) is 24.8 Å². The number of aliphatic hydroxyl groups excluding tert-OH is 1. The Labute approximate surface area is 109 Å². The lowest BCUT2D eigenvalue weighted by Gasteiger charge is -2.14. The minimum absolute atomic E-state index is 0.114. The molecule has 0 bridgehead atoms. The first kappa shape index (κ1) is 13.6. The number of carbonyl (C=O) groups is 1. The number of methoxy groups -OCH3 is 1. The van der Waals surface area contributed by atoms with Gasteiger partial charge >= 0.3 is 5.97 Å². The average Bonchev–Trinajstić information content (AvgIpc) is 2.93. The summed E-state index contributed by atoms with van der Waals surface area (Å²) in [6.07, 6.45) is 9.59. The fourth-order valence-corrected chi connectivity index (χ4v) is 3.60. The molecule has 2 aliphatic carbocycles. The van der Waals surface area contributed by atoms with E-state index in [9.17, 15) is 9.90 Å². The van der Waals surface area contributed by atoms with Crippen LogP contribution in [0.5, 0.6) is 0 Å². The molecule has 1 N–H and O–H groups in total. The lowest BCUT2D eigenvalue weighted by Crippen LogP contribution is -2.12. The van der Waals surface area contributed by atoms with E-state index in [-0.39, 0.29) is 5.97 Å². The number of aliphatic hydroxyl groups is 1. The predicted molar refractivity (Wildman–Crippen MR) is 70.0 cm³/mol. The number of unbranched alkanes of at least 4 members (excludes halogenated alkanes) is 1. The molecule has 0 radical (unpaired) electrons. The maximum absolute atomic E-state index is 11.0. The van der Waals surface area contributed by atoms with Crippen molar-refractivity contribution in [2.75, 3.05) is 13.7 Å². The number of allylic oxidation sites excluding steroid dienone is 2. The van der Waals surface area contributed by atoms with Crippen molar-refractivity contribution in [3.05, 3.63) is 11.6 Å². The molecular weight excluding hydrogens is 228 g/mol. The smallest absolute Gasteiger partial charge is 0.305 e. The number of rotatable bonds is 5. The third-order valence-corrected chi connectivity index (χ3v) is 4.62. The molecule has 0 aromatic rings. The molecule has 2 fully saturated rings. The summed E-state index contributed by atoms with van der Waals surface area (Å²) in [5.41, 5.74) is 1.55. The quantitative estimate of drug-likeness (QED) is 0.465. The normalized spacial score (nSPS) is 32.8. The van der Waals surface area contributed by atoms with Crippen LogP contribution in [0.1, 0.15) is 44.9 Å². The van der Waals surface area contributed by atoms with Crippen LogP contribution in [0, 0.1) is 17.8 Å². The average molecular weight is 252 g/mol. The van der Waals surface area contributed by atoms with Crippen molar-refractivity contribution in [3.8, 4) is 0 Å². The number of hydrogen-bond donors (Lipinski definition) is 1. The van der Waals surface area contributed by atoms with Gasteiger partial charge in [-0.25, -0.2) is 0 Å². The molecule has 18 heavy (non-hydrogen) atoms. The van der Waals surface area contributed by atoms with Crippen molar-refractivity contribution in [2.45, 2.75) is 44.9 Å². The Balaban J connectivity index is 1.74. The lowest BCUT2D eigenvalue weighted by atomic mass is 9.92. The van der Waals surface area contributed by atoms with Crippen LogP contribution in [-0.2, 0) is 9.53 Å². The van der Waals surface area contributed by atoms with Crippen molar-refractivity contribution in [2.24, 2.45) is 17.8 Å². The van der Waals surface area contributed by atoms with E-state index < -0.39 is 0 Å². The summed E-state index contributed by atoms with van der Waals surface area (Å²) in [5, 5.41) is 9.33. The van der Waals surface area contributed by atoms with Crippen LogP contribution in [0.15, 0.2) is 11.6 Å². The van der Waals surface area contributed by atoms with Crippen molar-refractivity contribution >= 4 is 5.97 Å². The van der Waals surface area contributed by atoms with Gasteiger partial charge < -0.3 is 9.84 Å². The minimum atomic E-state index is -0.114. The summed E-state index contributed by atoms with van der Waals surface area (Å²) in [6.45, 7) is 0.358. The van der Waals surface area contributed by atoms with Gasteiger partial charge in [0.05, 0.1) is 7.11 Å². The number of ether oxygens (including phenoxy) is 1. The highest BCUT2D eigenvalue weighted by molar-refractivity contribution is 5.69. The molecule has 3 heteroatoms. The zero-order chi connectivity index (χ0) is 13.0. The van der Waals surface area contributed by atoms with Crippen LogP contribution in [0.2, 0.25) is 0 Å². The first-order valence-corrected chi connectivity index (χ1v) is 7.10.